The number of rotatable bonds is 6. The molecule has 180 valence electrons. The van der Waals surface area contributed by atoms with Crippen LogP contribution in [0.2, 0.25) is 0 Å². The number of amides is 1. The quantitative estimate of drug-likeness (QED) is 0.312. The van der Waals surface area contributed by atoms with Crippen LogP contribution in [0.4, 0.5) is 10.1 Å². The number of carbonyl (C=O) groups excluding carboxylic acids is 1. The SMILES string of the molecule is CC(C)c1ccc(NC(=O)c2ccco2)cc1-c1c(-c2ccc(F)cc2)ncn1C1CCCCC1. The highest BCUT2D eigenvalue weighted by Crippen LogP contribution is 2.41. The minimum atomic E-state index is -0.294. The van der Waals surface area contributed by atoms with Gasteiger partial charge in [0.2, 0.25) is 0 Å². The van der Waals surface area contributed by atoms with Crippen LogP contribution in [0.5, 0.6) is 0 Å². The van der Waals surface area contributed by atoms with E-state index in [1.165, 1.54) is 43.2 Å². The van der Waals surface area contributed by atoms with Gasteiger partial charge >= 0.3 is 0 Å². The molecule has 6 heteroatoms. The summed E-state index contributed by atoms with van der Waals surface area (Å²) in [7, 11) is 0. The Balaban J connectivity index is 1.65. The van der Waals surface area contributed by atoms with Crippen LogP contribution in [0, 0.1) is 5.82 Å². The molecule has 0 spiro atoms. The highest BCUT2D eigenvalue weighted by molar-refractivity contribution is 6.02. The number of benzene rings is 2. The molecule has 2 aromatic carbocycles. The molecule has 1 N–H and O–H groups in total. The second-order valence-electron chi connectivity index (χ2n) is 9.54. The first kappa shape index (κ1) is 23.1. The Morgan fingerprint density at radius 2 is 1.86 bits per heavy atom. The molecule has 2 heterocycles. The van der Waals surface area contributed by atoms with Crippen LogP contribution in [0.25, 0.3) is 22.5 Å². The van der Waals surface area contributed by atoms with Crippen molar-refractivity contribution in [3.63, 3.8) is 0 Å². The molecule has 0 radical (unpaired) electrons. The van der Waals surface area contributed by atoms with Crippen LogP contribution < -0.4 is 5.32 Å². The van der Waals surface area contributed by atoms with Crippen LogP contribution in [0.15, 0.2) is 71.6 Å². The van der Waals surface area contributed by atoms with E-state index in [1.54, 1.807) is 24.3 Å². The van der Waals surface area contributed by atoms with Gasteiger partial charge in [0, 0.05) is 22.9 Å². The van der Waals surface area contributed by atoms with Crippen molar-refractivity contribution in [1.82, 2.24) is 9.55 Å². The number of hydrogen-bond acceptors (Lipinski definition) is 3. The minimum Gasteiger partial charge on any atom is -0.459 e. The lowest BCUT2D eigenvalue weighted by Crippen LogP contribution is -2.14. The van der Waals surface area contributed by atoms with E-state index < -0.39 is 0 Å². The van der Waals surface area contributed by atoms with Crippen LogP contribution in [-0.4, -0.2) is 15.5 Å². The highest BCUT2D eigenvalue weighted by atomic mass is 19.1. The number of imidazole rings is 1. The van der Waals surface area contributed by atoms with Gasteiger partial charge in [-0.1, -0.05) is 39.2 Å². The smallest absolute Gasteiger partial charge is 0.291 e. The van der Waals surface area contributed by atoms with Gasteiger partial charge in [-0.2, -0.15) is 0 Å². The fourth-order valence-corrected chi connectivity index (χ4v) is 5.03. The summed E-state index contributed by atoms with van der Waals surface area (Å²) in [5, 5.41) is 2.97. The molecule has 0 unspecified atom stereocenters. The zero-order valence-corrected chi connectivity index (χ0v) is 20.1. The number of aromatic nitrogens is 2. The van der Waals surface area contributed by atoms with Gasteiger partial charge in [-0.15, -0.1) is 0 Å². The third kappa shape index (κ3) is 4.78. The number of hydrogen-bond donors (Lipinski definition) is 1. The molecule has 5 rings (SSSR count). The maximum absolute atomic E-state index is 13.7. The Bertz CT molecular complexity index is 1300. The van der Waals surface area contributed by atoms with Gasteiger partial charge in [-0.3, -0.25) is 4.79 Å². The molecule has 1 amide bonds. The maximum atomic E-state index is 13.7. The molecule has 0 bridgehead atoms. The van der Waals surface area contributed by atoms with Crippen molar-refractivity contribution >= 4 is 11.6 Å². The molecule has 1 fully saturated rings. The average Bonchev–Trinajstić information content (AvgIpc) is 3.56. The molecular formula is C29H30FN3O2. The molecule has 5 nitrogen and oxygen atoms in total. The second kappa shape index (κ2) is 9.90. The Kier molecular flexibility index (Phi) is 6.53. The zero-order valence-electron chi connectivity index (χ0n) is 20.1. The topological polar surface area (TPSA) is 60.1 Å². The number of nitrogens with one attached hydrogen (secondary N) is 1. The Morgan fingerprint density at radius 3 is 2.54 bits per heavy atom. The molecule has 0 saturated heterocycles. The average molecular weight is 472 g/mol. The summed E-state index contributed by atoms with van der Waals surface area (Å²) in [5.74, 6) is -0.0420. The first-order valence-corrected chi connectivity index (χ1v) is 12.3. The van der Waals surface area contributed by atoms with E-state index in [9.17, 15) is 9.18 Å². The van der Waals surface area contributed by atoms with Gasteiger partial charge in [0.15, 0.2) is 5.76 Å². The summed E-state index contributed by atoms with van der Waals surface area (Å²) in [6.45, 7) is 4.33. The fraction of sp³-hybridized carbons (Fsp3) is 0.310. The molecule has 1 aliphatic carbocycles. The lowest BCUT2D eigenvalue weighted by atomic mass is 9.91. The van der Waals surface area contributed by atoms with Gasteiger partial charge < -0.3 is 14.3 Å². The summed E-state index contributed by atoms with van der Waals surface area (Å²) < 4.78 is 21.3. The lowest BCUT2D eigenvalue weighted by Gasteiger charge is -2.26. The largest absolute Gasteiger partial charge is 0.459 e. The van der Waals surface area contributed by atoms with Crippen molar-refractivity contribution in [2.24, 2.45) is 0 Å². The number of halogens is 1. The van der Waals surface area contributed by atoms with Crippen molar-refractivity contribution < 1.29 is 13.6 Å². The summed E-state index contributed by atoms with van der Waals surface area (Å²) in [6.07, 6.45) is 9.30. The van der Waals surface area contributed by atoms with Crippen molar-refractivity contribution in [2.75, 3.05) is 5.32 Å². The van der Waals surface area contributed by atoms with E-state index in [-0.39, 0.29) is 23.4 Å². The number of furan rings is 1. The summed E-state index contributed by atoms with van der Waals surface area (Å²) in [6, 6.07) is 16.2. The standard InChI is InChI=1S/C29H30FN3O2/c1-19(2)24-15-14-22(32-29(34)26-9-6-16-35-26)17-25(24)28-27(20-10-12-21(30)13-11-20)31-18-33(28)23-7-4-3-5-8-23/h6,9-19,23H,3-5,7-8H2,1-2H3,(H,32,34). The Morgan fingerprint density at radius 1 is 1.09 bits per heavy atom. The second-order valence-corrected chi connectivity index (χ2v) is 9.54. The Labute approximate surface area is 205 Å². The van der Waals surface area contributed by atoms with Crippen LogP contribution in [0.1, 0.15) is 74.0 Å². The normalized spacial score (nSPS) is 14.4. The Hall–Kier alpha value is -3.67. The van der Waals surface area contributed by atoms with Gasteiger partial charge in [-0.05, 0) is 72.9 Å². The van der Waals surface area contributed by atoms with E-state index in [1.807, 2.05) is 18.5 Å². The molecule has 1 aliphatic rings. The summed E-state index contributed by atoms with van der Waals surface area (Å²) in [4.78, 5) is 17.5. The monoisotopic (exact) mass is 471 g/mol. The first-order valence-electron chi connectivity index (χ1n) is 12.3. The highest BCUT2D eigenvalue weighted by Gasteiger charge is 2.25. The van der Waals surface area contributed by atoms with Crippen molar-refractivity contribution in [2.45, 2.75) is 57.9 Å². The predicted octanol–water partition coefficient (Wildman–Crippen LogP) is 7.83. The lowest BCUT2D eigenvalue weighted by molar-refractivity contribution is 0.0996. The van der Waals surface area contributed by atoms with Gasteiger partial charge in [0.25, 0.3) is 5.91 Å². The first-order chi connectivity index (χ1) is 17.0. The molecular weight excluding hydrogens is 441 g/mol. The van der Waals surface area contributed by atoms with Gasteiger partial charge in [0.05, 0.1) is 24.0 Å². The maximum Gasteiger partial charge on any atom is 0.291 e. The number of nitrogens with zero attached hydrogens (tertiary/aromatic N) is 2. The molecule has 2 aromatic heterocycles. The molecule has 4 aromatic rings. The van der Waals surface area contributed by atoms with E-state index in [4.69, 9.17) is 9.40 Å². The van der Waals surface area contributed by atoms with E-state index in [0.717, 1.165) is 35.4 Å². The van der Waals surface area contributed by atoms with E-state index in [2.05, 4.69) is 29.8 Å². The van der Waals surface area contributed by atoms with Crippen molar-refractivity contribution in [3.8, 4) is 22.5 Å². The third-order valence-electron chi connectivity index (χ3n) is 6.81. The predicted molar refractivity (Wildman–Crippen MR) is 136 cm³/mol. The summed E-state index contributed by atoms with van der Waals surface area (Å²) >= 11 is 0. The van der Waals surface area contributed by atoms with Gasteiger partial charge in [0.1, 0.15) is 5.82 Å². The van der Waals surface area contributed by atoms with Crippen LogP contribution in [-0.2, 0) is 0 Å². The van der Waals surface area contributed by atoms with Crippen LogP contribution in [0.3, 0.4) is 0 Å². The molecule has 0 aliphatic heterocycles. The third-order valence-corrected chi connectivity index (χ3v) is 6.81. The van der Waals surface area contributed by atoms with Crippen molar-refractivity contribution in [1.29, 1.82) is 0 Å². The van der Waals surface area contributed by atoms with E-state index >= 15 is 0 Å². The minimum absolute atomic E-state index is 0.260. The summed E-state index contributed by atoms with van der Waals surface area (Å²) in [5.41, 5.74) is 5.60. The molecule has 0 atom stereocenters. The molecule has 35 heavy (non-hydrogen) atoms. The fourth-order valence-electron chi connectivity index (χ4n) is 5.03. The van der Waals surface area contributed by atoms with Crippen molar-refractivity contribution in [3.05, 3.63) is 84.3 Å². The zero-order chi connectivity index (χ0) is 24.4. The van der Waals surface area contributed by atoms with E-state index in [0.29, 0.717) is 11.7 Å². The van der Waals surface area contributed by atoms with Gasteiger partial charge in [-0.25, -0.2) is 9.37 Å². The number of carbonyl (C=O) groups is 1. The number of anilines is 1. The molecule has 1 saturated carbocycles. The van der Waals surface area contributed by atoms with Crippen LogP contribution >= 0.6 is 0 Å².